The van der Waals surface area contributed by atoms with Crippen molar-refractivity contribution in [2.24, 2.45) is 5.41 Å². The molecular formula is C25H29NO4S. The average Bonchev–Trinajstić information content (AvgIpc) is 2.81. The summed E-state index contributed by atoms with van der Waals surface area (Å²) in [6.45, 7) is 0.745. The number of benzene rings is 2. The summed E-state index contributed by atoms with van der Waals surface area (Å²) in [5, 5.41) is 0.117. The summed E-state index contributed by atoms with van der Waals surface area (Å²) in [5.74, 6) is -0.408. The molecule has 2 aromatic rings. The highest BCUT2D eigenvalue weighted by Crippen LogP contribution is 2.56. The van der Waals surface area contributed by atoms with Crippen LogP contribution in [0.4, 0.5) is 4.79 Å². The maximum atomic E-state index is 13.1. The second kappa shape index (κ2) is 9.35. The van der Waals surface area contributed by atoms with Crippen LogP contribution in [0.3, 0.4) is 0 Å². The molecule has 6 heteroatoms. The standard InChI is InChI=1S/C25H29NO4S/c1-29-23(27)20-10-8-19(9-11-20)22-16-25(14-21(15-25)31-2)12-13-26(22)24(28)30-17-18-6-4-3-5-7-18/h3-11,21-22H,12-17H2,1-2H3/t21?,22-,25?/m0/s1/i2D3. The molecule has 0 unspecified atom stereocenters. The zero-order valence-corrected chi connectivity index (χ0v) is 18.4. The van der Waals surface area contributed by atoms with Gasteiger partial charge < -0.3 is 14.4 Å². The van der Waals surface area contributed by atoms with Crippen LogP contribution in [-0.2, 0) is 16.1 Å². The quantitative estimate of drug-likeness (QED) is 0.576. The van der Waals surface area contributed by atoms with E-state index in [9.17, 15) is 9.59 Å². The van der Waals surface area contributed by atoms with Gasteiger partial charge in [-0.1, -0.05) is 42.5 Å². The Hall–Kier alpha value is -2.47. The monoisotopic (exact) mass is 442 g/mol. The minimum atomic E-state index is -1.99. The van der Waals surface area contributed by atoms with E-state index in [0.717, 1.165) is 48.6 Å². The number of likely N-dealkylation sites (tertiary alicyclic amines) is 1. The first-order valence-electron chi connectivity index (χ1n) is 12.0. The molecular weight excluding hydrogens is 410 g/mol. The highest BCUT2D eigenvalue weighted by atomic mass is 32.2. The fourth-order valence-electron chi connectivity index (χ4n) is 4.77. The number of thioether (sulfide) groups is 1. The fourth-order valence-corrected chi connectivity index (χ4v) is 5.65. The zero-order chi connectivity index (χ0) is 24.3. The van der Waals surface area contributed by atoms with E-state index >= 15 is 0 Å². The van der Waals surface area contributed by atoms with Crippen molar-refractivity contribution < 1.29 is 23.2 Å². The van der Waals surface area contributed by atoms with E-state index in [2.05, 4.69) is 0 Å². The number of hydrogen-bond acceptors (Lipinski definition) is 5. The Morgan fingerprint density at radius 3 is 2.55 bits per heavy atom. The van der Waals surface area contributed by atoms with Crippen LogP contribution in [0.15, 0.2) is 54.6 Å². The topological polar surface area (TPSA) is 55.8 Å². The Balaban J connectivity index is 1.50. The lowest BCUT2D eigenvalue weighted by Crippen LogP contribution is -2.51. The summed E-state index contributed by atoms with van der Waals surface area (Å²) in [6.07, 6.45) is 0.871. The number of piperidine rings is 1. The normalized spacial score (nSPS) is 26.9. The van der Waals surface area contributed by atoms with Crippen LogP contribution in [-0.4, -0.2) is 42.1 Å². The third-order valence-electron chi connectivity index (χ3n) is 6.53. The maximum absolute atomic E-state index is 13.1. The van der Waals surface area contributed by atoms with E-state index < -0.39 is 12.2 Å². The van der Waals surface area contributed by atoms with Gasteiger partial charge in [-0.2, -0.15) is 11.8 Å². The van der Waals surface area contributed by atoms with E-state index in [4.69, 9.17) is 13.6 Å². The summed E-state index contributed by atoms with van der Waals surface area (Å²) >= 11 is 1.07. The molecule has 1 saturated carbocycles. The van der Waals surface area contributed by atoms with Crippen LogP contribution in [0.2, 0.25) is 0 Å². The third-order valence-corrected chi connectivity index (χ3v) is 7.20. The number of hydrogen-bond donors (Lipinski definition) is 0. The van der Waals surface area contributed by atoms with E-state index in [1.54, 1.807) is 17.0 Å². The highest BCUT2D eigenvalue weighted by Gasteiger charge is 2.49. The van der Waals surface area contributed by atoms with Gasteiger partial charge in [0, 0.05) is 15.9 Å². The Labute approximate surface area is 192 Å². The molecule has 1 amide bonds. The van der Waals surface area contributed by atoms with Crippen LogP contribution >= 0.6 is 11.8 Å². The predicted molar refractivity (Wildman–Crippen MR) is 122 cm³/mol. The molecule has 164 valence electrons. The fraction of sp³-hybridized carbons (Fsp3) is 0.440. The van der Waals surface area contributed by atoms with Crippen molar-refractivity contribution in [3.05, 3.63) is 71.3 Å². The number of rotatable bonds is 5. The number of nitrogens with zero attached hydrogens (tertiary/aromatic N) is 1. The van der Waals surface area contributed by atoms with Gasteiger partial charge in [0.05, 0.1) is 18.7 Å². The summed E-state index contributed by atoms with van der Waals surface area (Å²) < 4.78 is 33.1. The van der Waals surface area contributed by atoms with Crippen molar-refractivity contribution in [1.29, 1.82) is 0 Å². The molecule has 0 aromatic heterocycles. The van der Waals surface area contributed by atoms with Crippen LogP contribution in [0.1, 0.15) is 57.3 Å². The van der Waals surface area contributed by atoms with Gasteiger partial charge in [0.1, 0.15) is 6.61 Å². The van der Waals surface area contributed by atoms with Crippen molar-refractivity contribution in [1.82, 2.24) is 4.90 Å². The second-order valence-electron chi connectivity index (χ2n) is 8.47. The number of esters is 1. The van der Waals surface area contributed by atoms with Gasteiger partial charge in [-0.05, 0) is 60.5 Å². The molecule has 5 nitrogen and oxygen atoms in total. The largest absolute Gasteiger partial charge is 0.465 e. The van der Waals surface area contributed by atoms with Crippen molar-refractivity contribution in [2.45, 2.75) is 43.6 Å². The number of carbonyl (C=O) groups is 2. The maximum Gasteiger partial charge on any atom is 0.410 e. The Bertz CT molecular complexity index is 1010. The molecule has 2 aliphatic rings. The highest BCUT2D eigenvalue weighted by molar-refractivity contribution is 7.99. The molecule has 0 radical (unpaired) electrons. The molecule has 1 saturated heterocycles. The van der Waals surface area contributed by atoms with Gasteiger partial charge in [-0.3, -0.25) is 0 Å². The van der Waals surface area contributed by atoms with Crippen molar-refractivity contribution in [3.63, 3.8) is 0 Å². The predicted octanol–water partition coefficient (Wildman–Crippen LogP) is 5.46. The summed E-state index contributed by atoms with van der Waals surface area (Å²) in [7, 11) is 1.34. The minimum Gasteiger partial charge on any atom is -0.465 e. The summed E-state index contributed by atoms with van der Waals surface area (Å²) in [4.78, 5) is 26.7. The van der Waals surface area contributed by atoms with Crippen LogP contribution in [0.5, 0.6) is 0 Å². The molecule has 31 heavy (non-hydrogen) atoms. The number of amides is 1. The average molecular weight is 443 g/mol. The SMILES string of the molecule is [2H]C([2H])([2H])SC1CC2(CCN(C(=O)OCc3ccccc3)[C@H](c3ccc(C(=O)OC)cc3)C2)C1. The first kappa shape index (κ1) is 18.1. The summed E-state index contributed by atoms with van der Waals surface area (Å²) in [6, 6.07) is 16.5. The Kier molecular flexibility index (Phi) is 5.47. The van der Waals surface area contributed by atoms with Gasteiger partial charge in [-0.15, -0.1) is 0 Å². The van der Waals surface area contributed by atoms with E-state index in [-0.39, 0.29) is 29.4 Å². The van der Waals surface area contributed by atoms with Crippen LogP contribution in [0, 0.1) is 5.41 Å². The molecule has 1 atom stereocenters. The molecule has 1 aliphatic heterocycles. The number of methoxy groups -OCH3 is 1. The zero-order valence-electron chi connectivity index (χ0n) is 20.6. The van der Waals surface area contributed by atoms with Crippen molar-refractivity contribution in [2.75, 3.05) is 19.8 Å². The Morgan fingerprint density at radius 2 is 1.87 bits per heavy atom. The first-order valence-corrected chi connectivity index (χ1v) is 11.4. The molecule has 0 N–H and O–H groups in total. The second-order valence-corrected chi connectivity index (χ2v) is 9.37. The molecule has 2 aromatic carbocycles. The van der Waals surface area contributed by atoms with Crippen molar-refractivity contribution in [3.8, 4) is 0 Å². The van der Waals surface area contributed by atoms with Crippen LogP contribution in [0.25, 0.3) is 0 Å². The lowest BCUT2D eigenvalue weighted by Gasteiger charge is -2.54. The molecule has 1 spiro atoms. The molecule has 4 rings (SSSR count). The van der Waals surface area contributed by atoms with E-state index in [1.807, 2.05) is 42.5 Å². The van der Waals surface area contributed by atoms with Crippen LogP contribution < -0.4 is 0 Å². The van der Waals surface area contributed by atoms with Gasteiger partial charge in [-0.25, -0.2) is 9.59 Å². The lowest BCUT2D eigenvalue weighted by atomic mass is 9.60. The van der Waals surface area contributed by atoms with E-state index in [0.29, 0.717) is 12.1 Å². The molecule has 2 fully saturated rings. The van der Waals surface area contributed by atoms with E-state index in [1.165, 1.54) is 7.11 Å². The first-order chi connectivity index (χ1) is 16.2. The number of carbonyl (C=O) groups excluding carboxylic acids is 2. The molecule has 0 bridgehead atoms. The summed E-state index contributed by atoms with van der Waals surface area (Å²) in [5.41, 5.74) is 2.32. The third kappa shape index (κ3) is 4.74. The van der Waals surface area contributed by atoms with Crippen molar-refractivity contribution >= 4 is 23.8 Å². The molecule has 1 heterocycles. The Morgan fingerprint density at radius 1 is 1.13 bits per heavy atom. The van der Waals surface area contributed by atoms with Gasteiger partial charge in [0.15, 0.2) is 0 Å². The number of ether oxygens (including phenoxy) is 2. The van der Waals surface area contributed by atoms with Gasteiger partial charge in [0.2, 0.25) is 0 Å². The lowest BCUT2D eigenvalue weighted by molar-refractivity contribution is -0.00553. The van der Waals surface area contributed by atoms with Gasteiger partial charge in [0.25, 0.3) is 0 Å². The smallest absolute Gasteiger partial charge is 0.410 e. The van der Waals surface area contributed by atoms with Gasteiger partial charge >= 0.3 is 12.1 Å². The minimum absolute atomic E-state index is 0.0187. The molecule has 1 aliphatic carbocycles.